The van der Waals surface area contributed by atoms with Gasteiger partial charge in [-0.05, 0) is 74.2 Å². The molecule has 2 amide bonds. The Bertz CT molecular complexity index is 1090. The molecule has 1 aliphatic heterocycles. The van der Waals surface area contributed by atoms with Gasteiger partial charge in [0.25, 0.3) is 11.8 Å². The van der Waals surface area contributed by atoms with Crippen LogP contribution in [-0.2, 0) is 0 Å². The van der Waals surface area contributed by atoms with Crippen molar-refractivity contribution in [2.24, 2.45) is 0 Å². The van der Waals surface area contributed by atoms with Crippen molar-refractivity contribution in [3.8, 4) is 0 Å². The first-order chi connectivity index (χ1) is 15.0. The molecular formula is C24H24FN3O3. The van der Waals surface area contributed by atoms with E-state index in [1.165, 1.54) is 24.8 Å². The van der Waals surface area contributed by atoms with Crippen LogP contribution in [-0.4, -0.2) is 24.9 Å². The van der Waals surface area contributed by atoms with Gasteiger partial charge in [-0.2, -0.15) is 0 Å². The number of nitrogens with zero attached hydrogens (tertiary/aromatic N) is 1. The third kappa shape index (κ3) is 4.77. The molecule has 2 aromatic carbocycles. The number of piperidine rings is 1. The molecule has 1 saturated heterocycles. The van der Waals surface area contributed by atoms with Crippen molar-refractivity contribution in [3.05, 3.63) is 77.5 Å². The summed E-state index contributed by atoms with van der Waals surface area (Å²) in [4.78, 5) is 27.4. The molecule has 6 nitrogen and oxygen atoms in total. The number of rotatable bonds is 5. The predicted molar refractivity (Wildman–Crippen MR) is 118 cm³/mol. The number of furan rings is 1. The van der Waals surface area contributed by atoms with Crippen molar-refractivity contribution in [3.63, 3.8) is 0 Å². The van der Waals surface area contributed by atoms with Gasteiger partial charge in [-0.1, -0.05) is 6.07 Å². The molecule has 1 aliphatic rings. The van der Waals surface area contributed by atoms with Gasteiger partial charge in [0.05, 0.1) is 17.6 Å². The number of aryl methyl sites for hydroxylation is 1. The third-order valence-electron chi connectivity index (χ3n) is 5.40. The van der Waals surface area contributed by atoms with Gasteiger partial charge in [-0.15, -0.1) is 0 Å². The van der Waals surface area contributed by atoms with Crippen LogP contribution in [0.25, 0.3) is 0 Å². The highest BCUT2D eigenvalue weighted by Gasteiger charge is 2.18. The maximum atomic E-state index is 13.9. The molecule has 1 fully saturated rings. The zero-order valence-electron chi connectivity index (χ0n) is 17.3. The monoisotopic (exact) mass is 421 g/mol. The van der Waals surface area contributed by atoms with E-state index in [1.54, 1.807) is 36.4 Å². The molecule has 160 valence electrons. The molecular weight excluding hydrogens is 397 g/mol. The fourth-order valence-electron chi connectivity index (χ4n) is 3.70. The summed E-state index contributed by atoms with van der Waals surface area (Å²) in [5.41, 5.74) is 2.91. The van der Waals surface area contributed by atoms with Crippen LogP contribution in [0.5, 0.6) is 0 Å². The van der Waals surface area contributed by atoms with Gasteiger partial charge in [-0.3, -0.25) is 9.59 Å². The lowest BCUT2D eigenvalue weighted by atomic mass is 10.1. The van der Waals surface area contributed by atoms with Crippen LogP contribution < -0.4 is 15.5 Å². The lowest BCUT2D eigenvalue weighted by molar-refractivity contribution is 0.0993. The van der Waals surface area contributed by atoms with Crippen molar-refractivity contribution < 1.29 is 18.4 Å². The fraction of sp³-hybridized carbons (Fsp3) is 0.250. The normalized spacial score (nSPS) is 13.7. The topological polar surface area (TPSA) is 74.6 Å². The van der Waals surface area contributed by atoms with Gasteiger partial charge < -0.3 is 20.0 Å². The van der Waals surface area contributed by atoms with E-state index in [-0.39, 0.29) is 11.7 Å². The number of hydrogen-bond acceptors (Lipinski definition) is 4. The number of anilines is 3. The first-order valence-corrected chi connectivity index (χ1v) is 10.3. The Morgan fingerprint density at radius 2 is 1.71 bits per heavy atom. The third-order valence-corrected chi connectivity index (χ3v) is 5.40. The van der Waals surface area contributed by atoms with Crippen molar-refractivity contribution in [1.29, 1.82) is 0 Å². The van der Waals surface area contributed by atoms with Crippen LogP contribution in [0.1, 0.15) is 45.7 Å². The molecule has 0 saturated carbocycles. The smallest absolute Gasteiger partial charge is 0.291 e. The Morgan fingerprint density at radius 1 is 0.935 bits per heavy atom. The van der Waals surface area contributed by atoms with E-state index in [0.717, 1.165) is 37.2 Å². The summed E-state index contributed by atoms with van der Waals surface area (Å²) in [6.45, 7) is 3.59. The summed E-state index contributed by atoms with van der Waals surface area (Å²) in [6.07, 6.45) is 4.74. The molecule has 0 bridgehead atoms. The summed E-state index contributed by atoms with van der Waals surface area (Å²) in [7, 11) is 0. The number of hydrogen-bond donors (Lipinski definition) is 2. The number of amides is 2. The number of halogens is 1. The molecule has 2 heterocycles. The summed E-state index contributed by atoms with van der Waals surface area (Å²) in [5, 5.41) is 5.60. The Kier molecular flexibility index (Phi) is 6.02. The average molecular weight is 421 g/mol. The molecule has 0 atom stereocenters. The quantitative estimate of drug-likeness (QED) is 0.592. The minimum absolute atomic E-state index is 0.181. The molecule has 0 aliphatic carbocycles. The second-order valence-corrected chi connectivity index (χ2v) is 7.62. The van der Waals surface area contributed by atoms with E-state index in [4.69, 9.17) is 4.42 Å². The van der Waals surface area contributed by atoms with Gasteiger partial charge in [0.1, 0.15) is 5.82 Å². The molecule has 0 radical (unpaired) electrons. The van der Waals surface area contributed by atoms with Crippen LogP contribution in [0.3, 0.4) is 0 Å². The van der Waals surface area contributed by atoms with Crippen molar-refractivity contribution in [1.82, 2.24) is 0 Å². The van der Waals surface area contributed by atoms with Gasteiger partial charge >= 0.3 is 0 Å². The van der Waals surface area contributed by atoms with Gasteiger partial charge in [0, 0.05) is 24.3 Å². The number of nitrogens with one attached hydrogen (secondary N) is 2. The summed E-state index contributed by atoms with van der Waals surface area (Å²) in [5.74, 6) is -1.01. The number of benzene rings is 2. The summed E-state index contributed by atoms with van der Waals surface area (Å²) in [6, 6.07) is 12.7. The molecule has 1 aromatic heterocycles. The standard InChI is InChI=1S/C24H24FN3O3/c1-16-7-8-17(14-19(16)26-24(30)22-6-5-13-31-22)23(29)27-20-15-18(25)9-10-21(20)28-11-3-2-4-12-28/h5-10,13-15H,2-4,11-12H2,1H3,(H,26,30)(H,27,29). The van der Waals surface area contributed by atoms with Crippen LogP contribution >= 0.6 is 0 Å². The Labute approximate surface area is 180 Å². The van der Waals surface area contributed by atoms with Crippen LogP contribution in [0, 0.1) is 12.7 Å². The summed E-state index contributed by atoms with van der Waals surface area (Å²) < 4.78 is 19.1. The largest absolute Gasteiger partial charge is 0.459 e. The van der Waals surface area contributed by atoms with Crippen LogP contribution in [0.15, 0.2) is 59.2 Å². The lowest BCUT2D eigenvalue weighted by Crippen LogP contribution is -2.30. The minimum atomic E-state index is -0.411. The van der Waals surface area contributed by atoms with Gasteiger partial charge in [0.15, 0.2) is 5.76 Å². The van der Waals surface area contributed by atoms with Crippen molar-refractivity contribution >= 4 is 28.9 Å². The fourth-order valence-corrected chi connectivity index (χ4v) is 3.70. The lowest BCUT2D eigenvalue weighted by Gasteiger charge is -2.30. The Morgan fingerprint density at radius 3 is 2.45 bits per heavy atom. The van der Waals surface area contributed by atoms with Crippen molar-refractivity contribution in [2.45, 2.75) is 26.2 Å². The first-order valence-electron chi connectivity index (χ1n) is 10.3. The zero-order valence-corrected chi connectivity index (χ0v) is 17.3. The SMILES string of the molecule is Cc1ccc(C(=O)Nc2cc(F)ccc2N2CCCCC2)cc1NC(=O)c1ccco1. The average Bonchev–Trinajstić information content (AvgIpc) is 3.31. The highest BCUT2D eigenvalue weighted by molar-refractivity contribution is 6.08. The second-order valence-electron chi connectivity index (χ2n) is 7.62. The van der Waals surface area contributed by atoms with E-state index < -0.39 is 11.7 Å². The van der Waals surface area contributed by atoms with E-state index in [0.29, 0.717) is 16.9 Å². The molecule has 4 rings (SSSR count). The minimum Gasteiger partial charge on any atom is -0.459 e. The molecule has 0 unspecified atom stereocenters. The van der Waals surface area contributed by atoms with Gasteiger partial charge in [-0.25, -0.2) is 4.39 Å². The molecule has 0 spiro atoms. The maximum absolute atomic E-state index is 13.9. The van der Waals surface area contributed by atoms with E-state index in [1.807, 2.05) is 6.92 Å². The number of carbonyl (C=O) groups excluding carboxylic acids is 2. The number of carbonyl (C=O) groups is 2. The highest BCUT2D eigenvalue weighted by Crippen LogP contribution is 2.30. The second kappa shape index (κ2) is 9.04. The summed E-state index contributed by atoms with van der Waals surface area (Å²) >= 11 is 0. The van der Waals surface area contributed by atoms with E-state index in [2.05, 4.69) is 15.5 Å². The van der Waals surface area contributed by atoms with Gasteiger partial charge in [0.2, 0.25) is 0 Å². The molecule has 31 heavy (non-hydrogen) atoms. The van der Waals surface area contributed by atoms with Crippen LogP contribution in [0.2, 0.25) is 0 Å². The Balaban J connectivity index is 1.55. The van der Waals surface area contributed by atoms with Crippen molar-refractivity contribution in [2.75, 3.05) is 28.6 Å². The van der Waals surface area contributed by atoms with E-state index >= 15 is 0 Å². The maximum Gasteiger partial charge on any atom is 0.291 e. The van der Waals surface area contributed by atoms with E-state index in [9.17, 15) is 14.0 Å². The molecule has 2 N–H and O–H groups in total. The Hall–Kier alpha value is -3.61. The highest BCUT2D eigenvalue weighted by atomic mass is 19.1. The molecule has 7 heteroatoms. The van der Waals surface area contributed by atoms with Crippen LogP contribution in [0.4, 0.5) is 21.5 Å². The molecule has 3 aromatic rings. The predicted octanol–water partition coefficient (Wildman–Crippen LogP) is 5.22. The first kappa shape index (κ1) is 20.7. The zero-order chi connectivity index (χ0) is 21.8.